The van der Waals surface area contributed by atoms with Gasteiger partial charge in [-0.1, -0.05) is 23.9 Å². The second-order valence-electron chi connectivity index (χ2n) is 6.45. The molecule has 30 heavy (non-hydrogen) atoms. The maximum atomic E-state index is 12.3. The number of aromatic nitrogens is 3. The molecule has 1 amide bonds. The Morgan fingerprint density at radius 2 is 1.80 bits per heavy atom. The number of hydrogen-bond donors (Lipinski definition) is 1. The van der Waals surface area contributed by atoms with Gasteiger partial charge >= 0.3 is 0 Å². The van der Waals surface area contributed by atoms with Crippen molar-refractivity contribution >= 4 is 29.1 Å². The monoisotopic (exact) mass is 424 g/mol. The zero-order valence-electron chi connectivity index (χ0n) is 17.2. The minimum absolute atomic E-state index is 0.0101. The van der Waals surface area contributed by atoms with E-state index in [0.29, 0.717) is 35.4 Å². The van der Waals surface area contributed by atoms with Crippen LogP contribution in [0.4, 0.5) is 5.69 Å². The van der Waals surface area contributed by atoms with Gasteiger partial charge in [0.15, 0.2) is 16.8 Å². The van der Waals surface area contributed by atoms with E-state index in [-0.39, 0.29) is 17.4 Å². The number of rotatable bonds is 9. The highest BCUT2D eigenvalue weighted by atomic mass is 32.2. The molecule has 0 saturated heterocycles. The third kappa shape index (κ3) is 5.07. The first kappa shape index (κ1) is 21.6. The van der Waals surface area contributed by atoms with Crippen LogP contribution >= 0.6 is 11.8 Å². The van der Waals surface area contributed by atoms with E-state index in [0.717, 1.165) is 11.3 Å². The number of carbonyl (C=O) groups excluding carboxylic acids is 2. The maximum absolute atomic E-state index is 12.3. The molecule has 1 heterocycles. The SMILES string of the molecule is CCOc1ccccc1-c1nnc(SCC(=O)Nc2ccc(C(C)=O)cc2)n1CC. The van der Waals surface area contributed by atoms with E-state index >= 15 is 0 Å². The number of ether oxygens (including phenoxy) is 1. The molecule has 0 saturated carbocycles. The Morgan fingerprint density at radius 1 is 1.07 bits per heavy atom. The Balaban J connectivity index is 1.69. The van der Waals surface area contributed by atoms with E-state index in [1.54, 1.807) is 24.3 Å². The fourth-order valence-electron chi connectivity index (χ4n) is 2.93. The summed E-state index contributed by atoms with van der Waals surface area (Å²) in [5.41, 5.74) is 2.13. The number of anilines is 1. The first-order chi connectivity index (χ1) is 14.5. The first-order valence-corrected chi connectivity index (χ1v) is 10.7. The van der Waals surface area contributed by atoms with Crippen LogP contribution < -0.4 is 10.1 Å². The van der Waals surface area contributed by atoms with Gasteiger partial charge in [0.2, 0.25) is 5.91 Å². The highest BCUT2D eigenvalue weighted by molar-refractivity contribution is 7.99. The quantitative estimate of drug-likeness (QED) is 0.407. The summed E-state index contributed by atoms with van der Waals surface area (Å²) in [7, 11) is 0. The molecule has 8 heteroatoms. The summed E-state index contributed by atoms with van der Waals surface area (Å²) in [6.07, 6.45) is 0. The summed E-state index contributed by atoms with van der Waals surface area (Å²) in [4.78, 5) is 23.7. The van der Waals surface area contributed by atoms with Crippen LogP contribution in [0.25, 0.3) is 11.4 Å². The van der Waals surface area contributed by atoms with Gasteiger partial charge in [-0.05, 0) is 57.2 Å². The average Bonchev–Trinajstić information content (AvgIpc) is 3.16. The van der Waals surface area contributed by atoms with Crippen molar-refractivity contribution in [3.05, 3.63) is 54.1 Å². The van der Waals surface area contributed by atoms with Crippen molar-refractivity contribution in [3.8, 4) is 17.1 Å². The van der Waals surface area contributed by atoms with Crippen molar-refractivity contribution in [2.75, 3.05) is 17.7 Å². The van der Waals surface area contributed by atoms with E-state index in [1.807, 2.05) is 42.7 Å². The molecule has 0 atom stereocenters. The van der Waals surface area contributed by atoms with Gasteiger partial charge in [0.1, 0.15) is 5.75 Å². The summed E-state index contributed by atoms with van der Waals surface area (Å²) < 4.78 is 7.68. The molecule has 0 aliphatic rings. The van der Waals surface area contributed by atoms with E-state index in [1.165, 1.54) is 18.7 Å². The van der Waals surface area contributed by atoms with E-state index in [2.05, 4.69) is 15.5 Å². The number of benzene rings is 2. The van der Waals surface area contributed by atoms with Crippen LogP contribution in [0.3, 0.4) is 0 Å². The Labute approximate surface area is 179 Å². The van der Waals surface area contributed by atoms with Crippen molar-refractivity contribution < 1.29 is 14.3 Å². The molecule has 156 valence electrons. The third-order valence-electron chi connectivity index (χ3n) is 4.37. The van der Waals surface area contributed by atoms with Gasteiger partial charge in [-0.2, -0.15) is 0 Å². The molecule has 0 aliphatic carbocycles. The predicted molar refractivity (Wildman–Crippen MR) is 118 cm³/mol. The predicted octanol–water partition coefficient (Wildman–Crippen LogP) is 4.30. The van der Waals surface area contributed by atoms with Crippen LogP contribution in [-0.2, 0) is 11.3 Å². The summed E-state index contributed by atoms with van der Waals surface area (Å²) in [6, 6.07) is 14.5. The zero-order chi connectivity index (χ0) is 21.5. The number of hydrogen-bond acceptors (Lipinski definition) is 6. The normalized spacial score (nSPS) is 10.6. The number of amides is 1. The van der Waals surface area contributed by atoms with Gasteiger partial charge in [-0.3, -0.25) is 9.59 Å². The summed E-state index contributed by atoms with van der Waals surface area (Å²) in [5.74, 6) is 1.50. The number of carbonyl (C=O) groups is 2. The molecular formula is C22H24N4O3S. The minimum Gasteiger partial charge on any atom is -0.493 e. The standard InChI is InChI=1S/C22H24N4O3S/c1-4-26-21(18-8-6-7-9-19(18)29-5-2)24-25-22(26)30-14-20(28)23-17-12-10-16(11-13-17)15(3)27/h6-13H,4-5,14H2,1-3H3,(H,23,28). The smallest absolute Gasteiger partial charge is 0.234 e. The molecule has 0 unspecified atom stereocenters. The van der Waals surface area contributed by atoms with E-state index in [9.17, 15) is 9.59 Å². The molecule has 2 aromatic carbocycles. The van der Waals surface area contributed by atoms with Crippen LogP contribution in [0.5, 0.6) is 5.75 Å². The van der Waals surface area contributed by atoms with Crippen LogP contribution in [0.1, 0.15) is 31.1 Å². The fourth-order valence-corrected chi connectivity index (χ4v) is 3.73. The number of nitrogens with zero attached hydrogens (tertiary/aromatic N) is 3. The van der Waals surface area contributed by atoms with Crippen molar-refractivity contribution in [2.45, 2.75) is 32.5 Å². The summed E-state index contributed by atoms with van der Waals surface area (Å²) >= 11 is 1.32. The van der Waals surface area contributed by atoms with Crippen LogP contribution in [0, 0.1) is 0 Å². The second-order valence-corrected chi connectivity index (χ2v) is 7.39. The fraction of sp³-hybridized carbons (Fsp3) is 0.273. The molecular weight excluding hydrogens is 400 g/mol. The molecule has 3 rings (SSSR count). The lowest BCUT2D eigenvalue weighted by molar-refractivity contribution is -0.113. The largest absolute Gasteiger partial charge is 0.493 e. The number of ketones is 1. The van der Waals surface area contributed by atoms with Crippen molar-refractivity contribution in [1.82, 2.24) is 14.8 Å². The number of Topliss-reactive ketones (excluding diaryl/α,β-unsaturated/α-hetero) is 1. The van der Waals surface area contributed by atoms with Crippen molar-refractivity contribution in [2.24, 2.45) is 0 Å². The first-order valence-electron chi connectivity index (χ1n) is 9.72. The number of para-hydroxylation sites is 1. The number of nitrogens with one attached hydrogen (secondary N) is 1. The molecule has 1 aromatic heterocycles. The maximum Gasteiger partial charge on any atom is 0.234 e. The molecule has 0 aliphatic heterocycles. The van der Waals surface area contributed by atoms with Crippen molar-refractivity contribution in [3.63, 3.8) is 0 Å². The lowest BCUT2D eigenvalue weighted by Crippen LogP contribution is -2.14. The molecule has 3 aromatic rings. The Kier molecular flexibility index (Phi) is 7.24. The molecule has 0 spiro atoms. The van der Waals surface area contributed by atoms with Gasteiger partial charge in [-0.25, -0.2) is 0 Å². The van der Waals surface area contributed by atoms with Gasteiger partial charge in [0, 0.05) is 17.8 Å². The molecule has 0 fully saturated rings. The molecule has 0 radical (unpaired) electrons. The highest BCUT2D eigenvalue weighted by Crippen LogP contribution is 2.31. The Bertz CT molecular complexity index is 1030. The lowest BCUT2D eigenvalue weighted by Gasteiger charge is -2.11. The topological polar surface area (TPSA) is 86.1 Å². The Hall–Kier alpha value is -3.13. The second kappa shape index (κ2) is 10.1. The molecule has 0 bridgehead atoms. The van der Waals surface area contributed by atoms with Gasteiger partial charge < -0.3 is 14.6 Å². The zero-order valence-corrected chi connectivity index (χ0v) is 18.0. The Morgan fingerprint density at radius 3 is 2.47 bits per heavy atom. The summed E-state index contributed by atoms with van der Waals surface area (Å²) in [5, 5.41) is 12.1. The molecule has 1 N–H and O–H groups in total. The van der Waals surface area contributed by atoms with E-state index in [4.69, 9.17) is 4.74 Å². The van der Waals surface area contributed by atoms with E-state index < -0.39 is 0 Å². The average molecular weight is 425 g/mol. The van der Waals surface area contributed by atoms with Gasteiger partial charge in [-0.15, -0.1) is 10.2 Å². The lowest BCUT2D eigenvalue weighted by atomic mass is 10.1. The molecule has 7 nitrogen and oxygen atoms in total. The summed E-state index contributed by atoms with van der Waals surface area (Å²) in [6.45, 7) is 6.69. The van der Waals surface area contributed by atoms with Gasteiger partial charge in [0.05, 0.1) is 17.9 Å². The number of thioether (sulfide) groups is 1. The van der Waals surface area contributed by atoms with Crippen LogP contribution in [0.15, 0.2) is 53.7 Å². The van der Waals surface area contributed by atoms with Gasteiger partial charge in [0.25, 0.3) is 0 Å². The van der Waals surface area contributed by atoms with Crippen LogP contribution in [-0.4, -0.2) is 38.8 Å². The van der Waals surface area contributed by atoms with Crippen molar-refractivity contribution in [1.29, 1.82) is 0 Å². The third-order valence-corrected chi connectivity index (χ3v) is 5.34. The minimum atomic E-state index is -0.155. The van der Waals surface area contributed by atoms with Crippen LogP contribution in [0.2, 0.25) is 0 Å². The highest BCUT2D eigenvalue weighted by Gasteiger charge is 2.17.